The van der Waals surface area contributed by atoms with Crippen LogP contribution >= 0.6 is 0 Å². The molecular formula is C12H21N3. The van der Waals surface area contributed by atoms with Crippen LogP contribution in [0.5, 0.6) is 0 Å². The van der Waals surface area contributed by atoms with Gasteiger partial charge in [0.05, 0.1) is 5.69 Å². The number of hydrogen-bond acceptors (Lipinski definition) is 2. The van der Waals surface area contributed by atoms with Crippen molar-refractivity contribution in [1.29, 1.82) is 0 Å². The highest BCUT2D eigenvalue weighted by Gasteiger charge is 2.30. The van der Waals surface area contributed by atoms with Crippen molar-refractivity contribution in [1.82, 2.24) is 15.5 Å². The van der Waals surface area contributed by atoms with Crippen LogP contribution in [0.1, 0.15) is 45.3 Å². The minimum Gasteiger partial charge on any atom is -0.306 e. The molecule has 1 aliphatic rings. The maximum absolute atomic E-state index is 3.99. The third-order valence-electron chi connectivity index (χ3n) is 3.92. The lowest BCUT2D eigenvalue weighted by atomic mass is 9.97. The van der Waals surface area contributed by atoms with E-state index in [4.69, 9.17) is 0 Å². The van der Waals surface area contributed by atoms with Crippen molar-refractivity contribution in [2.45, 2.75) is 45.7 Å². The molecule has 84 valence electrons. The van der Waals surface area contributed by atoms with Crippen LogP contribution in [0, 0.1) is 11.8 Å². The van der Waals surface area contributed by atoms with E-state index in [1.54, 1.807) is 0 Å². The van der Waals surface area contributed by atoms with Crippen molar-refractivity contribution in [3.8, 4) is 0 Å². The van der Waals surface area contributed by atoms with Crippen LogP contribution in [0.3, 0.4) is 0 Å². The fourth-order valence-electron chi connectivity index (χ4n) is 2.52. The van der Waals surface area contributed by atoms with Gasteiger partial charge in [-0.15, -0.1) is 0 Å². The first kappa shape index (κ1) is 10.7. The molecule has 0 bridgehead atoms. The minimum absolute atomic E-state index is 0.380. The first-order chi connectivity index (χ1) is 7.18. The Morgan fingerprint density at radius 1 is 1.47 bits per heavy atom. The van der Waals surface area contributed by atoms with Gasteiger partial charge in [-0.2, -0.15) is 5.10 Å². The molecule has 1 aromatic heterocycles. The predicted octanol–water partition coefficient (Wildman–Crippen LogP) is 2.49. The van der Waals surface area contributed by atoms with Crippen molar-refractivity contribution < 1.29 is 0 Å². The first-order valence-corrected chi connectivity index (χ1v) is 5.94. The summed E-state index contributed by atoms with van der Waals surface area (Å²) in [5.41, 5.74) is 1.18. The molecule has 0 radical (unpaired) electrons. The molecule has 0 aromatic carbocycles. The normalized spacial score (nSPS) is 33.1. The number of nitrogens with zero attached hydrogens (tertiary/aromatic N) is 1. The van der Waals surface area contributed by atoms with Gasteiger partial charge in [-0.25, -0.2) is 0 Å². The van der Waals surface area contributed by atoms with Gasteiger partial charge in [-0.1, -0.05) is 13.8 Å². The SMILES string of the molecule is CC(NC1CCC(C)C1C)c1ccn[nH]1. The molecule has 3 heteroatoms. The van der Waals surface area contributed by atoms with E-state index in [-0.39, 0.29) is 0 Å². The van der Waals surface area contributed by atoms with Crippen LogP contribution in [0.25, 0.3) is 0 Å². The quantitative estimate of drug-likeness (QED) is 0.799. The third-order valence-corrected chi connectivity index (χ3v) is 3.92. The van der Waals surface area contributed by atoms with Gasteiger partial charge in [-0.05, 0) is 37.7 Å². The molecule has 1 heterocycles. The Kier molecular flexibility index (Phi) is 3.10. The Hall–Kier alpha value is -0.830. The monoisotopic (exact) mass is 207 g/mol. The summed E-state index contributed by atoms with van der Waals surface area (Å²) < 4.78 is 0. The van der Waals surface area contributed by atoms with E-state index in [0.717, 1.165) is 11.8 Å². The van der Waals surface area contributed by atoms with Gasteiger partial charge in [0.2, 0.25) is 0 Å². The Morgan fingerprint density at radius 3 is 2.80 bits per heavy atom. The molecule has 0 spiro atoms. The summed E-state index contributed by atoms with van der Waals surface area (Å²) in [6.07, 6.45) is 4.48. The van der Waals surface area contributed by atoms with Crippen LogP contribution in [-0.4, -0.2) is 16.2 Å². The summed E-state index contributed by atoms with van der Waals surface area (Å²) in [7, 11) is 0. The fraction of sp³-hybridized carbons (Fsp3) is 0.750. The molecule has 1 aliphatic carbocycles. The van der Waals surface area contributed by atoms with Crippen molar-refractivity contribution >= 4 is 0 Å². The van der Waals surface area contributed by atoms with Crippen LogP contribution in [0.2, 0.25) is 0 Å². The molecule has 1 aromatic rings. The standard InChI is InChI=1S/C12H21N3/c1-8-4-5-11(9(8)2)14-10(3)12-6-7-13-15-12/h6-11,14H,4-5H2,1-3H3,(H,13,15). The Labute approximate surface area is 91.7 Å². The first-order valence-electron chi connectivity index (χ1n) is 5.94. The van der Waals surface area contributed by atoms with Crippen LogP contribution in [0.15, 0.2) is 12.3 Å². The van der Waals surface area contributed by atoms with Gasteiger partial charge in [-0.3, -0.25) is 5.10 Å². The highest BCUT2D eigenvalue weighted by Crippen LogP contribution is 2.32. The molecular weight excluding hydrogens is 186 g/mol. The molecule has 0 amide bonds. The smallest absolute Gasteiger partial charge is 0.0518 e. The number of H-pyrrole nitrogens is 1. The van der Waals surface area contributed by atoms with Gasteiger partial charge in [0.1, 0.15) is 0 Å². The summed E-state index contributed by atoms with van der Waals surface area (Å²) in [5, 5.41) is 10.7. The second-order valence-electron chi connectivity index (χ2n) is 4.92. The van der Waals surface area contributed by atoms with Crippen molar-refractivity contribution in [2.24, 2.45) is 11.8 Å². The highest BCUT2D eigenvalue weighted by molar-refractivity contribution is 5.04. The van der Waals surface area contributed by atoms with Gasteiger partial charge in [0, 0.05) is 18.3 Å². The van der Waals surface area contributed by atoms with E-state index < -0.39 is 0 Å². The summed E-state index contributed by atoms with van der Waals surface area (Å²) in [5.74, 6) is 1.65. The average molecular weight is 207 g/mol. The zero-order valence-corrected chi connectivity index (χ0v) is 9.83. The summed E-state index contributed by atoms with van der Waals surface area (Å²) >= 11 is 0. The van der Waals surface area contributed by atoms with E-state index in [1.165, 1.54) is 18.5 Å². The Balaban J connectivity index is 1.92. The maximum Gasteiger partial charge on any atom is 0.0518 e. The lowest BCUT2D eigenvalue weighted by Gasteiger charge is -2.23. The van der Waals surface area contributed by atoms with Crippen molar-refractivity contribution in [3.63, 3.8) is 0 Å². The van der Waals surface area contributed by atoms with Gasteiger partial charge >= 0.3 is 0 Å². The van der Waals surface area contributed by atoms with Crippen LogP contribution < -0.4 is 5.32 Å². The van der Waals surface area contributed by atoms with E-state index in [0.29, 0.717) is 12.1 Å². The van der Waals surface area contributed by atoms with E-state index in [9.17, 15) is 0 Å². The Morgan fingerprint density at radius 2 is 2.27 bits per heavy atom. The molecule has 15 heavy (non-hydrogen) atoms. The van der Waals surface area contributed by atoms with E-state index in [2.05, 4.69) is 36.3 Å². The number of nitrogens with one attached hydrogen (secondary N) is 2. The minimum atomic E-state index is 0.380. The predicted molar refractivity (Wildman–Crippen MR) is 61.5 cm³/mol. The van der Waals surface area contributed by atoms with E-state index in [1.807, 2.05) is 12.3 Å². The second kappa shape index (κ2) is 4.35. The Bertz CT molecular complexity index is 294. The summed E-state index contributed by atoms with van der Waals surface area (Å²) in [6.45, 7) is 6.91. The molecule has 3 nitrogen and oxygen atoms in total. The molecule has 1 saturated carbocycles. The zero-order valence-electron chi connectivity index (χ0n) is 9.83. The number of aromatic amines is 1. The molecule has 2 N–H and O–H groups in total. The topological polar surface area (TPSA) is 40.7 Å². The zero-order chi connectivity index (χ0) is 10.8. The fourth-order valence-corrected chi connectivity index (χ4v) is 2.52. The third kappa shape index (κ3) is 2.23. The highest BCUT2D eigenvalue weighted by atomic mass is 15.1. The molecule has 1 fully saturated rings. The molecule has 2 rings (SSSR count). The van der Waals surface area contributed by atoms with Gasteiger partial charge in [0.25, 0.3) is 0 Å². The molecule has 0 saturated heterocycles. The summed E-state index contributed by atoms with van der Waals surface area (Å²) in [4.78, 5) is 0. The van der Waals surface area contributed by atoms with Gasteiger partial charge < -0.3 is 5.32 Å². The average Bonchev–Trinajstić information content (AvgIpc) is 2.83. The number of aromatic nitrogens is 2. The van der Waals surface area contributed by atoms with E-state index >= 15 is 0 Å². The van der Waals surface area contributed by atoms with Crippen LogP contribution in [0.4, 0.5) is 0 Å². The lowest BCUT2D eigenvalue weighted by molar-refractivity contribution is 0.345. The molecule has 4 atom stereocenters. The number of hydrogen-bond donors (Lipinski definition) is 2. The maximum atomic E-state index is 3.99. The second-order valence-corrected chi connectivity index (χ2v) is 4.92. The van der Waals surface area contributed by atoms with Crippen LogP contribution in [-0.2, 0) is 0 Å². The lowest BCUT2D eigenvalue weighted by Crippen LogP contribution is -2.34. The molecule has 4 unspecified atom stereocenters. The summed E-state index contributed by atoms with van der Waals surface area (Å²) in [6, 6.07) is 3.09. The molecule has 0 aliphatic heterocycles. The van der Waals surface area contributed by atoms with Gasteiger partial charge in [0.15, 0.2) is 0 Å². The largest absolute Gasteiger partial charge is 0.306 e. The van der Waals surface area contributed by atoms with Crippen molar-refractivity contribution in [3.05, 3.63) is 18.0 Å². The number of rotatable bonds is 3. The van der Waals surface area contributed by atoms with Crippen molar-refractivity contribution in [2.75, 3.05) is 0 Å².